The molecule has 0 aliphatic carbocycles. The molecule has 216 valence electrons. The Labute approximate surface area is 241 Å². The Bertz CT molecular complexity index is 1310. The number of rotatable bonds is 9. The molecule has 1 atom stereocenters. The first-order chi connectivity index (χ1) is 18.8. The van der Waals surface area contributed by atoms with Crippen molar-refractivity contribution in [3.63, 3.8) is 0 Å². The minimum absolute atomic E-state index is 0.0631. The number of amides is 3. The number of carbonyl (C=O) groups is 3. The van der Waals surface area contributed by atoms with Crippen molar-refractivity contribution in [1.29, 1.82) is 0 Å². The smallest absolute Gasteiger partial charge is 0.410 e. The van der Waals surface area contributed by atoms with Crippen LogP contribution in [-0.4, -0.2) is 65.5 Å². The molecule has 3 amide bonds. The standard InChI is InChI=1S/C27H31Cl2FN4O6/c1-6-9-33(15(2)3)22-8-7-16(10-20(22)29)24(35)31-32-25(36)18-11-21(30)23(12-19(18)28)39-13-17-14-40-27(4,5)34(17)26(37)38/h6-8,10-12,15,17H,1,9,13-14H2,2-5H3,(H,31,35)(H,32,36)(H,37,38). The molecule has 3 N–H and O–H groups in total. The minimum Gasteiger partial charge on any atom is -0.488 e. The lowest BCUT2D eigenvalue weighted by atomic mass is 10.1. The van der Waals surface area contributed by atoms with Gasteiger partial charge in [-0.25, -0.2) is 9.18 Å². The summed E-state index contributed by atoms with van der Waals surface area (Å²) in [7, 11) is 0. The van der Waals surface area contributed by atoms with E-state index in [0.717, 1.165) is 22.7 Å². The van der Waals surface area contributed by atoms with Gasteiger partial charge in [0.15, 0.2) is 11.6 Å². The maximum atomic E-state index is 14.8. The maximum absolute atomic E-state index is 14.8. The molecule has 1 unspecified atom stereocenters. The summed E-state index contributed by atoms with van der Waals surface area (Å²) in [5, 5.41) is 9.66. The largest absolute Gasteiger partial charge is 0.488 e. The van der Waals surface area contributed by atoms with Gasteiger partial charge < -0.3 is 19.5 Å². The van der Waals surface area contributed by atoms with Crippen LogP contribution in [0.1, 0.15) is 48.4 Å². The number of anilines is 1. The summed E-state index contributed by atoms with van der Waals surface area (Å²) >= 11 is 12.6. The van der Waals surface area contributed by atoms with Gasteiger partial charge in [0.1, 0.15) is 12.3 Å². The van der Waals surface area contributed by atoms with Gasteiger partial charge in [-0.1, -0.05) is 29.3 Å². The van der Waals surface area contributed by atoms with Crippen LogP contribution in [-0.2, 0) is 4.74 Å². The predicted molar refractivity (Wildman–Crippen MR) is 150 cm³/mol. The number of carboxylic acid groups (broad SMARTS) is 1. The van der Waals surface area contributed by atoms with Crippen LogP contribution in [0.4, 0.5) is 14.9 Å². The molecule has 2 aromatic rings. The third-order valence-electron chi connectivity index (χ3n) is 6.24. The number of ether oxygens (including phenoxy) is 2. The Kier molecular flexibility index (Phi) is 9.88. The van der Waals surface area contributed by atoms with Crippen LogP contribution in [0.25, 0.3) is 0 Å². The third kappa shape index (κ3) is 6.96. The average molecular weight is 597 g/mol. The van der Waals surface area contributed by atoms with Crippen LogP contribution < -0.4 is 20.5 Å². The van der Waals surface area contributed by atoms with Crippen LogP contribution in [0.15, 0.2) is 43.0 Å². The Morgan fingerprint density at radius 1 is 1.23 bits per heavy atom. The van der Waals surface area contributed by atoms with Crippen molar-refractivity contribution in [2.75, 3.05) is 24.7 Å². The second-order valence-electron chi connectivity index (χ2n) is 9.75. The lowest BCUT2D eigenvalue weighted by Gasteiger charge is -2.30. The zero-order chi connectivity index (χ0) is 29.8. The Morgan fingerprint density at radius 3 is 2.50 bits per heavy atom. The van der Waals surface area contributed by atoms with E-state index >= 15 is 0 Å². The molecule has 3 rings (SSSR count). The molecule has 1 heterocycles. The number of hydrogen-bond donors (Lipinski definition) is 3. The topological polar surface area (TPSA) is 120 Å². The molecular formula is C27H31Cl2FN4O6. The molecule has 10 nitrogen and oxygen atoms in total. The van der Waals surface area contributed by atoms with Gasteiger partial charge in [-0.15, -0.1) is 6.58 Å². The highest BCUT2D eigenvalue weighted by atomic mass is 35.5. The van der Waals surface area contributed by atoms with Crippen LogP contribution >= 0.6 is 23.2 Å². The number of carbonyl (C=O) groups excluding carboxylic acids is 2. The molecular weight excluding hydrogens is 566 g/mol. The number of hydrogen-bond acceptors (Lipinski definition) is 6. The summed E-state index contributed by atoms with van der Waals surface area (Å²) in [5.41, 5.74) is 4.05. The highest BCUT2D eigenvalue weighted by Gasteiger charge is 2.44. The van der Waals surface area contributed by atoms with Crippen molar-refractivity contribution in [2.24, 2.45) is 0 Å². The average Bonchev–Trinajstić information content (AvgIpc) is 3.19. The van der Waals surface area contributed by atoms with E-state index in [9.17, 15) is 23.9 Å². The van der Waals surface area contributed by atoms with Crippen LogP contribution in [0, 0.1) is 5.82 Å². The first-order valence-corrected chi connectivity index (χ1v) is 13.1. The van der Waals surface area contributed by atoms with Gasteiger partial charge in [0.05, 0.1) is 33.9 Å². The van der Waals surface area contributed by atoms with E-state index < -0.39 is 35.5 Å². The number of nitrogens with zero attached hydrogens (tertiary/aromatic N) is 2. The molecule has 1 aliphatic rings. The molecule has 0 radical (unpaired) electrons. The molecule has 1 saturated heterocycles. The van der Waals surface area contributed by atoms with Gasteiger partial charge in [0.25, 0.3) is 11.8 Å². The molecule has 0 spiro atoms. The van der Waals surface area contributed by atoms with Gasteiger partial charge in [0, 0.05) is 24.2 Å². The maximum Gasteiger partial charge on any atom is 0.410 e. The number of benzene rings is 2. The first-order valence-electron chi connectivity index (χ1n) is 12.3. The highest BCUT2D eigenvalue weighted by Crippen LogP contribution is 2.31. The van der Waals surface area contributed by atoms with E-state index in [2.05, 4.69) is 17.4 Å². The van der Waals surface area contributed by atoms with Crippen LogP contribution in [0.3, 0.4) is 0 Å². The summed E-state index contributed by atoms with van der Waals surface area (Å²) in [6.45, 7) is 11.4. The molecule has 13 heteroatoms. The summed E-state index contributed by atoms with van der Waals surface area (Å²) < 4.78 is 25.7. The summed E-state index contributed by atoms with van der Waals surface area (Å²) in [5.74, 6) is -2.70. The normalized spacial score (nSPS) is 16.0. The van der Waals surface area contributed by atoms with Crippen molar-refractivity contribution in [3.8, 4) is 5.75 Å². The highest BCUT2D eigenvalue weighted by molar-refractivity contribution is 6.34. The molecule has 1 aliphatic heterocycles. The van der Waals surface area contributed by atoms with Crippen molar-refractivity contribution in [2.45, 2.75) is 45.5 Å². The van der Waals surface area contributed by atoms with Gasteiger partial charge in [-0.3, -0.25) is 25.3 Å². The second kappa shape index (κ2) is 12.8. The lowest BCUT2D eigenvalue weighted by Crippen LogP contribution is -2.49. The summed E-state index contributed by atoms with van der Waals surface area (Å²) in [4.78, 5) is 39.9. The second-order valence-corrected chi connectivity index (χ2v) is 10.6. The Balaban J connectivity index is 1.64. The number of hydrazine groups is 1. The first kappa shape index (κ1) is 31.0. The van der Waals surface area contributed by atoms with Crippen LogP contribution in [0.5, 0.6) is 5.75 Å². The summed E-state index contributed by atoms with van der Waals surface area (Å²) in [6.07, 6.45) is 0.545. The minimum atomic E-state index is -1.20. The van der Waals surface area contributed by atoms with E-state index in [1.807, 2.05) is 18.7 Å². The van der Waals surface area contributed by atoms with E-state index in [1.54, 1.807) is 32.1 Å². The van der Waals surface area contributed by atoms with Gasteiger partial charge in [-0.05, 0) is 52.0 Å². The lowest BCUT2D eigenvalue weighted by molar-refractivity contribution is -0.0430. The number of halogens is 3. The van der Waals surface area contributed by atoms with E-state index in [1.165, 1.54) is 6.07 Å². The molecule has 2 aromatic carbocycles. The predicted octanol–water partition coefficient (Wildman–Crippen LogP) is 5.10. The van der Waals surface area contributed by atoms with E-state index in [0.29, 0.717) is 11.6 Å². The summed E-state index contributed by atoms with van der Waals surface area (Å²) in [6, 6.07) is 6.14. The van der Waals surface area contributed by atoms with Gasteiger partial charge >= 0.3 is 6.09 Å². The van der Waals surface area contributed by atoms with Crippen molar-refractivity contribution < 1.29 is 33.4 Å². The zero-order valence-electron chi connectivity index (χ0n) is 22.5. The third-order valence-corrected chi connectivity index (χ3v) is 6.85. The van der Waals surface area contributed by atoms with E-state index in [-0.39, 0.29) is 41.2 Å². The fourth-order valence-electron chi connectivity index (χ4n) is 4.25. The molecule has 0 aromatic heterocycles. The van der Waals surface area contributed by atoms with Crippen molar-refractivity contribution in [3.05, 3.63) is 70.0 Å². The quantitative estimate of drug-likeness (QED) is 0.272. The Hall–Kier alpha value is -3.54. The molecule has 40 heavy (non-hydrogen) atoms. The molecule has 1 fully saturated rings. The molecule has 0 bridgehead atoms. The Morgan fingerprint density at radius 2 is 1.90 bits per heavy atom. The zero-order valence-corrected chi connectivity index (χ0v) is 24.0. The van der Waals surface area contributed by atoms with Crippen molar-refractivity contribution in [1.82, 2.24) is 15.8 Å². The van der Waals surface area contributed by atoms with E-state index in [4.69, 9.17) is 32.7 Å². The SMILES string of the molecule is C=CCN(c1ccc(C(=O)NNC(=O)c2cc(F)c(OCC3COC(C)(C)N3C(=O)O)cc2Cl)cc1Cl)C(C)C. The fraction of sp³-hybridized carbons (Fsp3) is 0.370. The van der Waals surface area contributed by atoms with Gasteiger partial charge in [0.2, 0.25) is 0 Å². The van der Waals surface area contributed by atoms with Crippen LogP contribution in [0.2, 0.25) is 10.0 Å². The monoisotopic (exact) mass is 596 g/mol. The van der Waals surface area contributed by atoms with Gasteiger partial charge in [-0.2, -0.15) is 0 Å². The fourth-order valence-corrected chi connectivity index (χ4v) is 4.78. The molecule has 0 saturated carbocycles. The van der Waals surface area contributed by atoms with Crippen molar-refractivity contribution >= 4 is 46.8 Å². The number of nitrogens with one attached hydrogen (secondary N) is 2.